The molecule has 1 N–H and O–H groups in total. The molecule has 1 aliphatic heterocycles. The van der Waals surface area contributed by atoms with Crippen molar-refractivity contribution in [1.29, 1.82) is 0 Å². The number of hydrogen-bond donors (Lipinski definition) is 1. The van der Waals surface area contributed by atoms with Crippen LogP contribution in [-0.2, 0) is 24.3 Å². The van der Waals surface area contributed by atoms with E-state index in [4.69, 9.17) is 4.42 Å². The molecule has 0 saturated heterocycles. The van der Waals surface area contributed by atoms with Gasteiger partial charge in [-0.3, -0.25) is 4.79 Å². The summed E-state index contributed by atoms with van der Waals surface area (Å²) in [6.07, 6.45) is 6.48. The molecule has 1 saturated carbocycles. The lowest BCUT2D eigenvalue weighted by Crippen LogP contribution is -2.22. The van der Waals surface area contributed by atoms with E-state index in [0.717, 1.165) is 42.6 Å². The van der Waals surface area contributed by atoms with Crippen LogP contribution in [-0.4, -0.2) is 20.7 Å². The molecule has 2 aromatic heterocycles. The van der Waals surface area contributed by atoms with Gasteiger partial charge in [0.2, 0.25) is 5.91 Å². The summed E-state index contributed by atoms with van der Waals surface area (Å²) >= 11 is 0. The van der Waals surface area contributed by atoms with Crippen molar-refractivity contribution in [1.82, 2.24) is 20.1 Å². The Morgan fingerprint density at radius 1 is 1.48 bits per heavy atom. The zero-order valence-corrected chi connectivity index (χ0v) is 13.2. The summed E-state index contributed by atoms with van der Waals surface area (Å²) in [6, 6.07) is 3.92. The van der Waals surface area contributed by atoms with Crippen molar-refractivity contribution in [2.24, 2.45) is 5.92 Å². The molecular formula is C17H20N4O2. The van der Waals surface area contributed by atoms with Gasteiger partial charge in [-0.2, -0.15) is 0 Å². The van der Waals surface area contributed by atoms with Crippen molar-refractivity contribution in [3.8, 4) is 0 Å². The molecule has 4 rings (SSSR count). The summed E-state index contributed by atoms with van der Waals surface area (Å²) in [6.45, 7) is 3.56. The Balaban J connectivity index is 1.31. The second-order valence-corrected chi connectivity index (χ2v) is 6.40. The molecule has 0 spiro atoms. The van der Waals surface area contributed by atoms with E-state index in [1.54, 1.807) is 6.08 Å². The van der Waals surface area contributed by atoms with Crippen molar-refractivity contribution in [3.63, 3.8) is 0 Å². The maximum Gasteiger partial charge on any atom is 0.244 e. The fourth-order valence-corrected chi connectivity index (χ4v) is 3.10. The van der Waals surface area contributed by atoms with E-state index in [1.165, 1.54) is 12.5 Å². The van der Waals surface area contributed by atoms with Crippen LogP contribution in [0.5, 0.6) is 0 Å². The van der Waals surface area contributed by atoms with E-state index in [0.29, 0.717) is 18.4 Å². The molecule has 2 aliphatic rings. The Hall–Kier alpha value is -2.37. The van der Waals surface area contributed by atoms with Gasteiger partial charge in [0.05, 0.1) is 6.54 Å². The van der Waals surface area contributed by atoms with E-state index < -0.39 is 0 Å². The van der Waals surface area contributed by atoms with Gasteiger partial charge in [-0.1, -0.05) is 6.92 Å². The number of carbonyl (C=O) groups is 1. The molecule has 1 fully saturated rings. The zero-order valence-electron chi connectivity index (χ0n) is 13.2. The Morgan fingerprint density at radius 2 is 2.35 bits per heavy atom. The molecule has 2 atom stereocenters. The first-order chi connectivity index (χ1) is 11.2. The Kier molecular flexibility index (Phi) is 3.52. The standard InChI is InChI=1S/C17H20N4O2/c1-11-9-13(11)14-6-4-12(23-14)5-7-17(22)18-10-16-20-19-15-3-2-8-21(15)16/h4-7,11,13H,2-3,8-10H2,1H3,(H,18,22)/b7-5+. The zero-order chi connectivity index (χ0) is 15.8. The van der Waals surface area contributed by atoms with Gasteiger partial charge < -0.3 is 14.3 Å². The minimum Gasteiger partial charge on any atom is -0.461 e. The molecule has 6 heteroatoms. The number of nitrogens with zero attached hydrogens (tertiary/aromatic N) is 3. The second-order valence-electron chi connectivity index (χ2n) is 6.40. The van der Waals surface area contributed by atoms with Crippen LogP contribution in [0.1, 0.15) is 48.9 Å². The van der Waals surface area contributed by atoms with Crippen LogP contribution in [0.15, 0.2) is 22.6 Å². The Labute approximate surface area is 134 Å². The minimum atomic E-state index is -0.155. The maximum absolute atomic E-state index is 11.9. The number of rotatable bonds is 5. The first-order valence-corrected chi connectivity index (χ1v) is 8.17. The lowest BCUT2D eigenvalue weighted by atomic mass is 10.3. The van der Waals surface area contributed by atoms with Gasteiger partial charge in [0.1, 0.15) is 17.3 Å². The van der Waals surface area contributed by atoms with Crippen LogP contribution in [0.4, 0.5) is 0 Å². The van der Waals surface area contributed by atoms with Crippen molar-refractivity contribution in [2.45, 2.75) is 45.2 Å². The van der Waals surface area contributed by atoms with E-state index in [2.05, 4.69) is 27.0 Å². The molecule has 0 aromatic carbocycles. The third kappa shape index (κ3) is 2.93. The van der Waals surface area contributed by atoms with Crippen LogP contribution in [0.25, 0.3) is 6.08 Å². The van der Waals surface area contributed by atoms with Crippen molar-refractivity contribution in [2.75, 3.05) is 0 Å². The highest BCUT2D eigenvalue weighted by molar-refractivity contribution is 5.91. The molecule has 23 heavy (non-hydrogen) atoms. The average Bonchev–Trinajstić information content (AvgIpc) is 2.97. The molecule has 3 heterocycles. The fraction of sp³-hybridized carbons (Fsp3) is 0.471. The van der Waals surface area contributed by atoms with E-state index >= 15 is 0 Å². The maximum atomic E-state index is 11.9. The van der Waals surface area contributed by atoms with Crippen LogP contribution in [0, 0.1) is 5.92 Å². The molecular weight excluding hydrogens is 292 g/mol. The highest BCUT2D eigenvalue weighted by Gasteiger charge is 2.36. The van der Waals surface area contributed by atoms with E-state index in [9.17, 15) is 4.79 Å². The van der Waals surface area contributed by atoms with Crippen LogP contribution in [0.2, 0.25) is 0 Å². The lowest BCUT2D eigenvalue weighted by molar-refractivity contribution is -0.116. The van der Waals surface area contributed by atoms with Gasteiger partial charge in [-0.05, 0) is 37.0 Å². The molecule has 0 radical (unpaired) electrons. The van der Waals surface area contributed by atoms with Gasteiger partial charge in [0.25, 0.3) is 0 Å². The molecule has 2 aromatic rings. The topological polar surface area (TPSA) is 73.0 Å². The summed E-state index contributed by atoms with van der Waals surface area (Å²) in [7, 11) is 0. The summed E-state index contributed by atoms with van der Waals surface area (Å²) < 4.78 is 7.83. The Bertz CT molecular complexity index is 758. The quantitative estimate of drug-likeness (QED) is 0.860. The fourth-order valence-electron chi connectivity index (χ4n) is 3.10. The van der Waals surface area contributed by atoms with Gasteiger partial charge in [0, 0.05) is 25.0 Å². The molecule has 120 valence electrons. The first-order valence-electron chi connectivity index (χ1n) is 8.17. The SMILES string of the molecule is CC1CC1c1ccc(/C=C/C(=O)NCc2nnc3n2CCC3)o1. The summed E-state index contributed by atoms with van der Waals surface area (Å²) in [5, 5.41) is 11.1. The first kappa shape index (κ1) is 14.2. The number of hydrogen-bond acceptors (Lipinski definition) is 4. The van der Waals surface area contributed by atoms with Gasteiger partial charge >= 0.3 is 0 Å². The van der Waals surface area contributed by atoms with E-state index in [1.807, 2.05) is 12.1 Å². The number of amides is 1. The van der Waals surface area contributed by atoms with Gasteiger partial charge in [0.15, 0.2) is 5.82 Å². The lowest BCUT2D eigenvalue weighted by Gasteiger charge is -2.03. The average molecular weight is 312 g/mol. The smallest absolute Gasteiger partial charge is 0.244 e. The Morgan fingerprint density at radius 3 is 3.17 bits per heavy atom. The van der Waals surface area contributed by atoms with Crippen molar-refractivity contribution in [3.05, 3.63) is 41.4 Å². The van der Waals surface area contributed by atoms with E-state index in [-0.39, 0.29) is 5.91 Å². The highest BCUT2D eigenvalue weighted by Crippen LogP contribution is 2.47. The summed E-state index contributed by atoms with van der Waals surface area (Å²) in [4.78, 5) is 11.9. The summed E-state index contributed by atoms with van der Waals surface area (Å²) in [5.41, 5.74) is 0. The second kappa shape index (κ2) is 5.68. The summed E-state index contributed by atoms with van der Waals surface area (Å²) in [5.74, 6) is 4.70. The number of aryl methyl sites for hydroxylation is 1. The third-order valence-corrected chi connectivity index (χ3v) is 4.63. The monoisotopic (exact) mass is 312 g/mol. The molecule has 6 nitrogen and oxygen atoms in total. The van der Waals surface area contributed by atoms with Gasteiger partial charge in [-0.25, -0.2) is 0 Å². The van der Waals surface area contributed by atoms with Crippen molar-refractivity contribution >= 4 is 12.0 Å². The normalized spacial score (nSPS) is 22.5. The van der Waals surface area contributed by atoms with Gasteiger partial charge in [-0.15, -0.1) is 10.2 Å². The van der Waals surface area contributed by atoms with Crippen LogP contribution < -0.4 is 5.32 Å². The molecule has 1 aliphatic carbocycles. The number of aromatic nitrogens is 3. The number of fused-ring (bicyclic) bond motifs is 1. The number of carbonyl (C=O) groups excluding carboxylic acids is 1. The molecule has 0 bridgehead atoms. The molecule has 2 unspecified atom stereocenters. The highest BCUT2D eigenvalue weighted by atomic mass is 16.3. The predicted molar refractivity (Wildman–Crippen MR) is 84.5 cm³/mol. The third-order valence-electron chi connectivity index (χ3n) is 4.63. The predicted octanol–water partition coefficient (Wildman–Crippen LogP) is 2.27. The largest absolute Gasteiger partial charge is 0.461 e. The number of nitrogens with one attached hydrogen (secondary N) is 1. The molecule has 1 amide bonds. The number of furan rings is 1. The van der Waals surface area contributed by atoms with Crippen LogP contribution >= 0.6 is 0 Å². The van der Waals surface area contributed by atoms with Crippen LogP contribution in [0.3, 0.4) is 0 Å². The minimum absolute atomic E-state index is 0.155. The van der Waals surface area contributed by atoms with Crippen molar-refractivity contribution < 1.29 is 9.21 Å².